The van der Waals surface area contributed by atoms with Crippen LogP contribution in [0.2, 0.25) is 40.2 Å². The zero-order valence-corrected chi connectivity index (χ0v) is 22.8. The largest absolute Gasteiger partial charge is 0.378 e. The van der Waals surface area contributed by atoms with Crippen molar-refractivity contribution in [3.8, 4) is 0 Å². The Labute approximate surface area is 237 Å². The highest BCUT2D eigenvalue weighted by atomic mass is 35.5. The summed E-state index contributed by atoms with van der Waals surface area (Å²) in [5.74, 6) is -2.84. The molecule has 0 N–H and O–H groups in total. The van der Waals surface area contributed by atoms with E-state index in [4.69, 9.17) is 97.5 Å². The lowest BCUT2D eigenvalue weighted by Gasteiger charge is -2.16. The van der Waals surface area contributed by atoms with E-state index in [2.05, 4.69) is 0 Å². The standard InChI is InChI=1S/C20H8Cl8N2O5/c21-9-5-6(10(22)14(26)13(9)25)18(32)29(17(5)31)1-3-35-4-2-30-19(33)7-8(20(30)34)12(24)16(28)15(27)11(7)23/h1-4H2. The third kappa shape index (κ3) is 4.19. The molecule has 184 valence electrons. The molecule has 0 fully saturated rings. The molecule has 2 aliphatic heterocycles. The second-order valence-electron chi connectivity index (χ2n) is 7.15. The summed E-state index contributed by atoms with van der Waals surface area (Å²) >= 11 is 48.3. The zero-order chi connectivity index (χ0) is 25.9. The van der Waals surface area contributed by atoms with Crippen LogP contribution in [-0.2, 0) is 4.74 Å². The molecule has 0 unspecified atom stereocenters. The normalized spacial score (nSPS) is 15.0. The summed E-state index contributed by atoms with van der Waals surface area (Å²) in [5, 5.41) is -1.27. The van der Waals surface area contributed by atoms with Gasteiger partial charge in [-0.3, -0.25) is 29.0 Å². The molecule has 4 rings (SSSR count). The predicted octanol–water partition coefficient (Wildman–Crippen LogP) is 6.82. The lowest BCUT2D eigenvalue weighted by Crippen LogP contribution is -2.35. The molecule has 0 atom stereocenters. The molecule has 15 heteroatoms. The molecule has 7 nitrogen and oxygen atoms in total. The minimum Gasteiger partial charge on any atom is -0.378 e. The molecule has 2 aromatic rings. The summed E-state index contributed by atoms with van der Waals surface area (Å²) in [6.45, 7) is -0.576. The number of ether oxygens (including phenoxy) is 1. The van der Waals surface area contributed by atoms with Crippen LogP contribution in [0.25, 0.3) is 0 Å². The highest BCUT2D eigenvalue weighted by molar-refractivity contribution is 6.56. The molecular formula is C20H8Cl8N2O5. The minimum atomic E-state index is -0.711. The van der Waals surface area contributed by atoms with E-state index in [1.54, 1.807) is 0 Å². The summed E-state index contributed by atoms with van der Waals surface area (Å²) in [6, 6.07) is 0. The molecule has 4 amide bonds. The van der Waals surface area contributed by atoms with E-state index >= 15 is 0 Å². The Morgan fingerprint density at radius 2 is 0.657 bits per heavy atom. The molecule has 0 saturated heterocycles. The van der Waals surface area contributed by atoms with Gasteiger partial charge in [-0.15, -0.1) is 0 Å². The fraction of sp³-hybridized carbons (Fsp3) is 0.200. The molecule has 0 saturated carbocycles. The highest BCUT2D eigenvalue weighted by Gasteiger charge is 2.42. The number of fused-ring (bicyclic) bond motifs is 2. The van der Waals surface area contributed by atoms with Crippen molar-refractivity contribution in [2.45, 2.75) is 0 Å². The minimum absolute atomic E-state index is 0.121. The van der Waals surface area contributed by atoms with Gasteiger partial charge in [0.2, 0.25) is 0 Å². The Morgan fingerprint density at radius 1 is 0.429 bits per heavy atom. The van der Waals surface area contributed by atoms with Gasteiger partial charge in [-0.25, -0.2) is 0 Å². The molecule has 0 bridgehead atoms. The van der Waals surface area contributed by atoms with Crippen molar-refractivity contribution < 1.29 is 23.9 Å². The smallest absolute Gasteiger partial charge is 0.263 e. The van der Waals surface area contributed by atoms with E-state index in [1.807, 2.05) is 0 Å². The van der Waals surface area contributed by atoms with Crippen LogP contribution in [0, 0.1) is 0 Å². The number of benzene rings is 2. The average Bonchev–Trinajstić information content (AvgIpc) is 3.22. The monoisotopic (exact) mass is 636 g/mol. The first kappa shape index (κ1) is 27.0. The fourth-order valence-corrected chi connectivity index (χ4v) is 5.64. The van der Waals surface area contributed by atoms with E-state index in [1.165, 1.54) is 0 Å². The SMILES string of the molecule is O=C1c2c(Cl)c(Cl)c(Cl)c(Cl)c2C(=O)N1CCOCCN1C(=O)c2c(Cl)c(Cl)c(Cl)c(Cl)c2C1=O. The van der Waals surface area contributed by atoms with E-state index in [-0.39, 0.29) is 88.7 Å². The van der Waals surface area contributed by atoms with Gasteiger partial charge < -0.3 is 4.74 Å². The van der Waals surface area contributed by atoms with Crippen molar-refractivity contribution >= 4 is 116 Å². The second kappa shape index (κ2) is 10.0. The van der Waals surface area contributed by atoms with Crippen LogP contribution >= 0.6 is 92.8 Å². The van der Waals surface area contributed by atoms with Crippen LogP contribution < -0.4 is 0 Å². The van der Waals surface area contributed by atoms with Crippen molar-refractivity contribution in [3.63, 3.8) is 0 Å². The number of imide groups is 2. The maximum atomic E-state index is 12.7. The van der Waals surface area contributed by atoms with Gasteiger partial charge in [0.15, 0.2) is 0 Å². The van der Waals surface area contributed by atoms with Gasteiger partial charge in [0.25, 0.3) is 23.6 Å². The van der Waals surface area contributed by atoms with Crippen LogP contribution in [0.3, 0.4) is 0 Å². The van der Waals surface area contributed by atoms with Crippen molar-refractivity contribution in [1.29, 1.82) is 0 Å². The van der Waals surface area contributed by atoms with Crippen molar-refractivity contribution in [1.82, 2.24) is 9.80 Å². The maximum absolute atomic E-state index is 12.7. The van der Waals surface area contributed by atoms with Gasteiger partial charge in [-0.05, 0) is 0 Å². The maximum Gasteiger partial charge on any atom is 0.263 e. The predicted molar refractivity (Wildman–Crippen MR) is 135 cm³/mol. The molecule has 0 aliphatic carbocycles. The number of carbonyl (C=O) groups is 4. The number of carbonyl (C=O) groups excluding carboxylic acids is 4. The molecule has 0 spiro atoms. The summed E-state index contributed by atoms with van der Waals surface area (Å²) in [6.07, 6.45) is 0. The van der Waals surface area contributed by atoms with Gasteiger partial charge in [-0.2, -0.15) is 0 Å². The third-order valence-corrected chi connectivity index (χ3v) is 8.89. The summed E-state index contributed by atoms with van der Waals surface area (Å²) in [4.78, 5) is 52.6. The van der Waals surface area contributed by atoms with Crippen LogP contribution in [0.5, 0.6) is 0 Å². The summed E-state index contributed by atoms with van der Waals surface area (Å²) in [7, 11) is 0. The first-order valence-electron chi connectivity index (χ1n) is 9.43. The number of hydrogen-bond acceptors (Lipinski definition) is 5. The lowest BCUT2D eigenvalue weighted by molar-refractivity contribution is 0.0495. The first-order chi connectivity index (χ1) is 16.4. The lowest BCUT2D eigenvalue weighted by atomic mass is 10.1. The van der Waals surface area contributed by atoms with Crippen LogP contribution in [0.15, 0.2) is 0 Å². The Kier molecular flexibility index (Phi) is 7.76. The van der Waals surface area contributed by atoms with Gasteiger partial charge in [0, 0.05) is 0 Å². The number of rotatable bonds is 6. The molecular weight excluding hydrogens is 632 g/mol. The quantitative estimate of drug-likeness (QED) is 0.150. The third-order valence-electron chi connectivity index (χ3n) is 5.29. The van der Waals surface area contributed by atoms with Crippen molar-refractivity contribution in [3.05, 3.63) is 62.4 Å². The fourth-order valence-electron chi connectivity index (χ4n) is 3.61. The van der Waals surface area contributed by atoms with Gasteiger partial charge in [-0.1, -0.05) is 92.8 Å². The summed E-state index contributed by atoms with van der Waals surface area (Å²) in [5.41, 5.74) is -0.581. The number of halogens is 8. The summed E-state index contributed by atoms with van der Waals surface area (Å²) < 4.78 is 5.44. The van der Waals surface area contributed by atoms with Crippen LogP contribution in [0.4, 0.5) is 0 Å². The van der Waals surface area contributed by atoms with E-state index in [0.29, 0.717) is 0 Å². The molecule has 0 aromatic heterocycles. The molecule has 2 heterocycles. The van der Waals surface area contributed by atoms with Crippen LogP contribution in [0.1, 0.15) is 41.4 Å². The van der Waals surface area contributed by atoms with E-state index in [0.717, 1.165) is 9.80 Å². The molecule has 0 radical (unpaired) electrons. The zero-order valence-electron chi connectivity index (χ0n) is 16.8. The average molecular weight is 640 g/mol. The Hall–Kier alpha value is -1.00. The van der Waals surface area contributed by atoms with E-state index in [9.17, 15) is 19.2 Å². The Bertz CT molecular complexity index is 1170. The number of hydrogen-bond donors (Lipinski definition) is 0. The molecule has 2 aromatic carbocycles. The Balaban J connectivity index is 1.39. The van der Waals surface area contributed by atoms with Crippen molar-refractivity contribution in [2.75, 3.05) is 26.3 Å². The van der Waals surface area contributed by atoms with Gasteiger partial charge >= 0.3 is 0 Å². The van der Waals surface area contributed by atoms with Crippen molar-refractivity contribution in [2.24, 2.45) is 0 Å². The number of amides is 4. The first-order valence-corrected chi connectivity index (χ1v) is 12.5. The topological polar surface area (TPSA) is 84.0 Å². The second-order valence-corrected chi connectivity index (χ2v) is 10.2. The highest BCUT2D eigenvalue weighted by Crippen LogP contribution is 2.46. The van der Waals surface area contributed by atoms with Crippen LogP contribution in [-0.4, -0.2) is 59.7 Å². The Morgan fingerprint density at radius 3 is 0.886 bits per heavy atom. The number of nitrogens with zero attached hydrogens (tertiary/aromatic N) is 2. The van der Waals surface area contributed by atoms with Gasteiger partial charge in [0.1, 0.15) is 0 Å². The van der Waals surface area contributed by atoms with E-state index < -0.39 is 23.6 Å². The molecule has 2 aliphatic rings. The molecule has 35 heavy (non-hydrogen) atoms. The van der Waals surface area contributed by atoms with Gasteiger partial charge in [0.05, 0.1) is 88.7 Å².